The summed E-state index contributed by atoms with van der Waals surface area (Å²) in [5.41, 5.74) is 1.43. The van der Waals surface area contributed by atoms with Gasteiger partial charge in [0, 0.05) is 17.5 Å². The van der Waals surface area contributed by atoms with Crippen LogP contribution in [0.15, 0.2) is 24.3 Å². The van der Waals surface area contributed by atoms with E-state index in [1.165, 1.54) is 6.08 Å². The zero-order valence-electron chi connectivity index (χ0n) is 15.5. The molecule has 0 radical (unpaired) electrons. The minimum Gasteiger partial charge on any atom is -0.494 e. The van der Waals surface area contributed by atoms with Crippen molar-refractivity contribution >= 4 is 35.2 Å². The van der Waals surface area contributed by atoms with Crippen molar-refractivity contribution in [2.75, 3.05) is 6.61 Å². The lowest BCUT2D eigenvalue weighted by Gasteiger charge is -2.13. The fourth-order valence-corrected chi connectivity index (χ4v) is 3.19. The summed E-state index contributed by atoms with van der Waals surface area (Å²) in [6.45, 7) is 5.23. The van der Waals surface area contributed by atoms with Crippen molar-refractivity contribution in [3.8, 4) is 5.75 Å². The van der Waals surface area contributed by atoms with Gasteiger partial charge in [0.25, 0.3) is 0 Å². The third-order valence-electron chi connectivity index (χ3n) is 4.11. The van der Waals surface area contributed by atoms with Gasteiger partial charge >= 0.3 is 5.97 Å². The largest absolute Gasteiger partial charge is 0.494 e. The molecule has 1 N–H and O–H groups in total. The molecular formula is C20H24Cl2N2O3. The second-order valence-corrected chi connectivity index (χ2v) is 6.89. The molecule has 2 rings (SSSR count). The van der Waals surface area contributed by atoms with Gasteiger partial charge in [0.1, 0.15) is 11.6 Å². The summed E-state index contributed by atoms with van der Waals surface area (Å²) >= 11 is 12.6. The number of hydrogen-bond acceptors (Lipinski definition) is 3. The molecule has 0 fully saturated rings. The Morgan fingerprint density at radius 1 is 1.30 bits per heavy atom. The third-order valence-corrected chi connectivity index (χ3v) is 4.74. The number of nitrogens with zero attached hydrogens (tertiary/aromatic N) is 2. The highest BCUT2D eigenvalue weighted by Crippen LogP contribution is 2.27. The smallest absolute Gasteiger partial charge is 0.328 e. The monoisotopic (exact) mass is 410 g/mol. The van der Waals surface area contributed by atoms with Gasteiger partial charge in [0.15, 0.2) is 5.15 Å². The van der Waals surface area contributed by atoms with Crippen LogP contribution in [0.1, 0.15) is 50.2 Å². The number of unbranched alkanes of at least 4 members (excludes halogenated alkanes) is 2. The van der Waals surface area contributed by atoms with Crippen molar-refractivity contribution in [3.05, 3.63) is 51.5 Å². The lowest BCUT2D eigenvalue weighted by Crippen LogP contribution is -2.07. The molecule has 0 unspecified atom stereocenters. The fraction of sp³-hybridized carbons (Fsp3) is 0.400. The van der Waals surface area contributed by atoms with E-state index in [1.54, 1.807) is 6.07 Å². The molecule has 0 amide bonds. The first-order valence-electron chi connectivity index (χ1n) is 9.03. The second-order valence-electron chi connectivity index (χ2n) is 6.12. The van der Waals surface area contributed by atoms with Gasteiger partial charge in [-0.05, 0) is 30.2 Å². The van der Waals surface area contributed by atoms with Crippen LogP contribution in [-0.2, 0) is 17.8 Å². The average molecular weight is 411 g/mol. The number of aryl methyl sites for hydroxylation is 1. The van der Waals surface area contributed by atoms with Crippen LogP contribution in [0, 0.1) is 0 Å². The lowest BCUT2D eigenvalue weighted by molar-refractivity contribution is -0.131. The molecule has 1 aromatic carbocycles. The highest BCUT2D eigenvalue weighted by molar-refractivity contribution is 6.31. The Labute approximate surface area is 169 Å². The Morgan fingerprint density at radius 3 is 2.70 bits per heavy atom. The highest BCUT2D eigenvalue weighted by atomic mass is 35.5. The maximum Gasteiger partial charge on any atom is 0.328 e. The summed E-state index contributed by atoms with van der Waals surface area (Å²) in [4.78, 5) is 15.2. The van der Waals surface area contributed by atoms with E-state index in [-0.39, 0.29) is 5.15 Å². The molecule has 0 saturated carbocycles. The predicted octanol–water partition coefficient (Wildman–Crippen LogP) is 5.47. The number of aromatic nitrogens is 2. The molecule has 0 saturated heterocycles. The van der Waals surface area contributed by atoms with E-state index in [0.717, 1.165) is 42.5 Å². The molecule has 0 bridgehead atoms. The second kappa shape index (κ2) is 10.4. The summed E-state index contributed by atoms with van der Waals surface area (Å²) in [6, 6.07) is 5.61. The molecule has 1 aromatic heterocycles. The molecule has 0 aliphatic heterocycles. The Hall–Kier alpha value is -1.98. The molecule has 0 atom stereocenters. The van der Waals surface area contributed by atoms with Gasteiger partial charge < -0.3 is 14.4 Å². The standard InChI is InChI=1S/C20H24Cl2N2O3/c1-3-5-6-11-27-15-8-7-14(16(21)12-15)13-24-17(9-10-19(25)26)20(22)23-18(24)4-2/h7-10,12H,3-6,11,13H2,1-2H3,(H,25,26)/b10-9+. The van der Waals surface area contributed by atoms with Gasteiger partial charge in [0.2, 0.25) is 0 Å². The van der Waals surface area contributed by atoms with E-state index in [1.807, 2.05) is 23.6 Å². The predicted molar refractivity (Wildman–Crippen MR) is 109 cm³/mol. The van der Waals surface area contributed by atoms with Crippen molar-refractivity contribution in [2.45, 2.75) is 46.1 Å². The normalized spacial score (nSPS) is 11.3. The van der Waals surface area contributed by atoms with Gasteiger partial charge in [0.05, 0.1) is 18.8 Å². The van der Waals surface area contributed by atoms with E-state index in [2.05, 4.69) is 11.9 Å². The Bertz CT molecular complexity index is 816. The Kier molecular flexibility index (Phi) is 8.20. The molecule has 1 heterocycles. The van der Waals surface area contributed by atoms with Crippen molar-refractivity contribution in [2.24, 2.45) is 0 Å². The quantitative estimate of drug-likeness (QED) is 0.416. The maximum absolute atomic E-state index is 10.9. The summed E-state index contributed by atoms with van der Waals surface area (Å²) in [7, 11) is 0. The number of rotatable bonds is 10. The van der Waals surface area contributed by atoms with Crippen LogP contribution in [0.25, 0.3) is 6.08 Å². The molecule has 5 nitrogen and oxygen atoms in total. The van der Waals surface area contributed by atoms with Crippen LogP contribution in [0.4, 0.5) is 0 Å². The zero-order chi connectivity index (χ0) is 19.8. The first kappa shape index (κ1) is 21.3. The van der Waals surface area contributed by atoms with Crippen LogP contribution < -0.4 is 4.74 Å². The number of hydrogen-bond donors (Lipinski definition) is 1. The summed E-state index contributed by atoms with van der Waals surface area (Å²) in [5, 5.41) is 9.76. The van der Waals surface area contributed by atoms with Gasteiger partial charge in [-0.1, -0.05) is 56.0 Å². The van der Waals surface area contributed by atoms with Crippen molar-refractivity contribution < 1.29 is 14.6 Å². The van der Waals surface area contributed by atoms with Gasteiger partial charge in [-0.2, -0.15) is 0 Å². The van der Waals surface area contributed by atoms with Crippen molar-refractivity contribution in [3.63, 3.8) is 0 Å². The minimum atomic E-state index is -1.04. The van der Waals surface area contributed by atoms with Crippen LogP contribution in [0.3, 0.4) is 0 Å². The van der Waals surface area contributed by atoms with Gasteiger partial charge in [-0.15, -0.1) is 0 Å². The molecular weight excluding hydrogens is 387 g/mol. The summed E-state index contributed by atoms with van der Waals surface area (Å²) < 4.78 is 7.61. The third kappa shape index (κ3) is 6.01. The Morgan fingerprint density at radius 2 is 2.07 bits per heavy atom. The van der Waals surface area contributed by atoms with Gasteiger partial charge in [-0.25, -0.2) is 9.78 Å². The van der Waals surface area contributed by atoms with E-state index >= 15 is 0 Å². The molecule has 146 valence electrons. The fourth-order valence-electron chi connectivity index (χ4n) is 2.70. The number of imidazole rings is 1. The molecule has 0 aliphatic carbocycles. The molecule has 0 aliphatic rings. The van der Waals surface area contributed by atoms with Crippen LogP contribution in [0.5, 0.6) is 5.75 Å². The van der Waals surface area contributed by atoms with E-state index < -0.39 is 5.97 Å². The van der Waals surface area contributed by atoms with Crippen molar-refractivity contribution in [1.29, 1.82) is 0 Å². The average Bonchev–Trinajstić information content (AvgIpc) is 2.93. The van der Waals surface area contributed by atoms with Crippen LogP contribution in [0.2, 0.25) is 10.2 Å². The van der Waals surface area contributed by atoms with Crippen LogP contribution >= 0.6 is 23.2 Å². The number of aliphatic carboxylic acids is 1. The minimum absolute atomic E-state index is 0.274. The molecule has 0 spiro atoms. The van der Waals surface area contributed by atoms with Crippen molar-refractivity contribution in [1.82, 2.24) is 9.55 Å². The lowest BCUT2D eigenvalue weighted by atomic mass is 10.2. The van der Waals surface area contributed by atoms with E-state index in [4.69, 9.17) is 33.0 Å². The number of halogens is 2. The Balaban J connectivity index is 2.22. The molecule has 2 aromatic rings. The molecule has 27 heavy (non-hydrogen) atoms. The van der Waals surface area contributed by atoms with E-state index in [0.29, 0.717) is 30.3 Å². The number of ether oxygens (including phenoxy) is 1. The summed E-state index contributed by atoms with van der Waals surface area (Å²) in [5.74, 6) is 0.464. The van der Waals surface area contributed by atoms with Crippen LogP contribution in [-0.4, -0.2) is 27.2 Å². The maximum atomic E-state index is 10.9. The highest BCUT2D eigenvalue weighted by Gasteiger charge is 2.15. The first-order valence-corrected chi connectivity index (χ1v) is 9.79. The number of carbonyl (C=O) groups is 1. The zero-order valence-corrected chi connectivity index (χ0v) is 17.1. The topological polar surface area (TPSA) is 64.4 Å². The van der Waals surface area contributed by atoms with E-state index in [9.17, 15) is 4.79 Å². The molecule has 7 heteroatoms. The SMILES string of the molecule is CCCCCOc1ccc(Cn2c(CC)nc(Cl)c2/C=C/C(=O)O)c(Cl)c1. The first-order chi connectivity index (χ1) is 13.0. The number of carboxylic acids is 1. The van der Waals surface area contributed by atoms with Gasteiger partial charge in [-0.3, -0.25) is 0 Å². The number of benzene rings is 1. The number of carboxylic acid groups (broad SMARTS) is 1. The summed E-state index contributed by atoms with van der Waals surface area (Å²) in [6.07, 6.45) is 6.47.